The zero-order chi connectivity index (χ0) is 13.9. The molecule has 18 heavy (non-hydrogen) atoms. The summed E-state index contributed by atoms with van der Waals surface area (Å²) < 4.78 is 33.5. The molecule has 1 aliphatic heterocycles. The van der Waals surface area contributed by atoms with Crippen molar-refractivity contribution in [2.75, 3.05) is 12.3 Å². The van der Waals surface area contributed by atoms with Crippen molar-refractivity contribution in [1.82, 2.24) is 4.90 Å². The molecule has 1 heterocycles. The number of carboxylic acid groups (broad SMARTS) is 1. The van der Waals surface area contributed by atoms with Gasteiger partial charge in [0.2, 0.25) is 5.91 Å². The Balaban J connectivity index is 2.77. The third-order valence-electron chi connectivity index (χ3n) is 2.72. The van der Waals surface area contributed by atoms with Gasteiger partial charge in [0.05, 0.1) is 5.75 Å². The summed E-state index contributed by atoms with van der Waals surface area (Å²) in [5.41, 5.74) is 0. The zero-order valence-electron chi connectivity index (χ0n) is 9.58. The van der Waals surface area contributed by atoms with Gasteiger partial charge in [-0.05, 0) is 6.42 Å². The standard InChI is InChI=1S/C10H14FNO5S/c1-2-3-8(10(14)15)12-5-7(4-9(12)13)6-18(11,16)17/h2,7-8H,1,3-6H2,(H,14,15). The van der Waals surface area contributed by atoms with Crippen molar-refractivity contribution in [3.63, 3.8) is 0 Å². The monoisotopic (exact) mass is 279 g/mol. The molecule has 0 aromatic heterocycles. The summed E-state index contributed by atoms with van der Waals surface area (Å²) in [6.45, 7) is 3.34. The number of halogens is 1. The Morgan fingerprint density at radius 3 is 2.72 bits per heavy atom. The van der Waals surface area contributed by atoms with Crippen molar-refractivity contribution in [3.8, 4) is 0 Å². The molecule has 0 spiro atoms. The molecule has 1 amide bonds. The van der Waals surface area contributed by atoms with E-state index >= 15 is 0 Å². The number of carbonyl (C=O) groups excluding carboxylic acids is 1. The highest BCUT2D eigenvalue weighted by Crippen LogP contribution is 2.23. The molecule has 2 unspecified atom stereocenters. The molecule has 0 aromatic rings. The zero-order valence-corrected chi connectivity index (χ0v) is 10.4. The van der Waals surface area contributed by atoms with Crippen LogP contribution in [0, 0.1) is 5.92 Å². The van der Waals surface area contributed by atoms with Crippen LogP contribution in [-0.4, -0.2) is 48.6 Å². The van der Waals surface area contributed by atoms with Crippen molar-refractivity contribution in [1.29, 1.82) is 0 Å². The third kappa shape index (κ3) is 3.80. The molecule has 0 bridgehead atoms. The SMILES string of the molecule is C=CCC(C(=O)O)N1CC(CS(=O)(=O)F)CC1=O. The van der Waals surface area contributed by atoms with E-state index in [0.717, 1.165) is 4.90 Å². The van der Waals surface area contributed by atoms with Crippen molar-refractivity contribution < 1.29 is 27.0 Å². The van der Waals surface area contributed by atoms with Crippen LogP contribution in [0.1, 0.15) is 12.8 Å². The Kier molecular flexibility index (Phi) is 4.44. The van der Waals surface area contributed by atoms with Gasteiger partial charge >= 0.3 is 16.2 Å². The van der Waals surface area contributed by atoms with Gasteiger partial charge in [0, 0.05) is 18.9 Å². The maximum Gasteiger partial charge on any atom is 0.326 e. The summed E-state index contributed by atoms with van der Waals surface area (Å²) in [4.78, 5) is 23.7. The van der Waals surface area contributed by atoms with Crippen LogP contribution in [0.2, 0.25) is 0 Å². The highest BCUT2D eigenvalue weighted by atomic mass is 32.3. The molecule has 0 aromatic carbocycles. The molecule has 1 N–H and O–H groups in total. The van der Waals surface area contributed by atoms with E-state index in [2.05, 4.69) is 6.58 Å². The minimum absolute atomic E-state index is 0.0627. The summed E-state index contributed by atoms with van der Waals surface area (Å²) >= 11 is 0. The van der Waals surface area contributed by atoms with Crippen LogP contribution in [0.3, 0.4) is 0 Å². The third-order valence-corrected chi connectivity index (χ3v) is 3.59. The number of likely N-dealkylation sites (tertiary alicyclic amines) is 1. The second-order valence-electron chi connectivity index (χ2n) is 4.20. The van der Waals surface area contributed by atoms with Crippen LogP contribution >= 0.6 is 0 Å². The van der Waals surface area contributed by atoms with Crippen molar-refractivity contribution in [2.45, 2.75) is 18.9 Å². The van der Waals surface area contributed by atoms with E-state index in [-0.39, 0.29) is 19.4 Å². The molecule has 1 saturated heterocycles. The average molecular weight is 279 g/mol. The second-order valence-corrected chi connectivity index (χ2v) is 5.61. The highest BCUT2D eigenvalue weighted by molar-refractivity contribution is 7.86. The molecule has 1 rings (SSSR count). The van der Waals surface area contributed by atoms with E-state index in [1.807, 2.05) is 0 Å². The van der Waals surface area contributed by atoms with Gasteiger partial charge in [-0.1, -0.05) is 6.08 Å². The fourth-order valence-electron chi connectivity index (χ4n) is 2.02. The fourth-order valence-corrected chi connectivity index (χ4v) is 2.81. The second kappa shape index (κ2) is 5.47. The number of nitrogens with zero attached hydrogens (tertiary/aromatic N) is 1. The molecular formula is C10H14FNO5S. The van der Waals surface area contributed by atoms with Crippen LogP contribution in [0.5, 0.6) is 0 Å². The smallest absolute Gasteiger partial charge is 0.326 e. The summed E-state index contributed by atoms with van der Waals surface area (Å²) in [6, 6.07) is -1.07. The topological polar surface area (TPSA) is 91.8 Å². The van der Waals surface area contributed by atoms with E-state index in [4.69, 9.17) is 5.11 Å². The summed E-state index contributed by atoms with van der Waals surface area (Å²) in [6.07, 6.45) is 1.28. The first-order valence-corrected chi connectivity index (χ1v) is 6.85. The van der Waals surface area contributed by atoms with Gasteiger partial charge in [0.25, 0.3) is 0 Å². The van der Waals surface area contributed by atoms with Gasteiger partial charge in [-0.2, -0.15) is 8.42 Å². The minimum Gasteiger partial charge on any atom is -0.480 e. The van der Waals surface area contributed by atoms with Crippen LogP contribution in [0.15, 0.2) is 12.7 Å². The Bertz CT molecular complexity index is 461. The number of hydrogen-bond acceptors (Lipinski definition) is 4. The highest BCUT2D eigenvalue weighted by Gasteiger charge is 2.38. The predicted octanol–water partition coefficient (Wildman–Crippen LogP) is 0.163. The maximum absolute atomic E-state index is 12.5. The summed E-state index contributed by atoms with van der Waals surface area (Å²) in [7, 11) is -4.66. The lowest BCUT2D eigenvalue weighted by atomic mass is 10.1. The van der Waals surface area contributed by atoms with Crippen LogP contribution in [0.4, 0.5) is 3.89 Å². The molecule has 0 radical (unpaired) electrons. The summed E-state index contributed by atoms with van der Waals surface area (Å²) in [5, 5.41) is 8.97. The van der Waals surface area contributed by atoms with Gasteiger partial charge in [-0.3, -0.25) is 4.79 Å². The first kappa shape index (κ1) is 14.6. The number of aliphatic carboxylic acids is 1. The lowest BCUT2D eigenvalue weighted by molar-refractivity contribution is -0.148. The largest absolute Gasteiger partial charge is 0.480 e. The predicted molar refractivity (Wildman–Crippen MR) is 61.0 cm³/mol. The molecule has 0 saturated carbocycles. The number of amides is 1. The van der Waals surface area contributed by atoms with Crippen molar-refractivity contribution in [3.05, 3.63) is 12.7 Å². The number of carbonyl (C=O) groups is 2. The first-order valence-electron chi connectivity index (χ1n) is 5.30. The lowest BCUT2D eigenvalue weighted by Gasteiger charge is -2.23. The normalized spacial score (nSPS) is 21.9. The Hall–Kier alpha value is -1.44. The van der Waals surface area contributed by atoms with E-state index in [1.54, 1.807) is 0 Å². The van der Waals surface area contributed by atoms with Gasteiger partial charge < -0.3 is 10.0 Å². The molecule has 6 nitrogen and oxygen atoms in total. The van der Waals surface area contributed by atoms with Crippen LogP contribution in [0.25, 0.3) is 0 Å². The molecule has 0 aliphatic carbocycles. The van der Waals surface area contributed by atoms with Gasteiger partial charge in [0.15, 0.2) is 0 Å². The minimum atomic E-state index is -4.66. The van der Waals surface area contributed by atoms with Crippen LogP contribution in [-0.2, 0) is 19.8 Å². The summed E-state index contributed by atoms with van der Waals surface area (Å²) in [5.74, 6) is -3.11. The molecule has 8 heteroatoms. The molecule has 1 aliphatic rings. The van der Waals surface area contributed by atoms with E-state index in [0.29, 0.717) is 0 Å². The quantitative estimate of drug-likeness (QED) is 0.552. The molecule has 2 atom stereocenters. The first-order chi connectivity index (χ1) is 8.24. The lowest BCUT2D eigenvalue weighted by Crippen LogP contribution is -2.42. The van der Waals surface area contributed by atoms with Gasteiger partial charge in [-0.15, -0.1) is 10.5 Å². The fraction of sp³-hybridized carbons (Fsp3) is 0.600. The number of hydrogen-bond donors (Lipinski definition) is 1. The Morgan fingerprint density at radius 1 is 1.67 bits per heavy atom. The van der Waals surface area contributed by atoms with Crippen molar-refractivity contribution in [2.24, 2.45) is 5.92 Å². The number of rotatable bonds is 6. The van der Waals surface area contributed by atoms with Gasteiger partial charge in [0.1, 0.15) is 6.04 Å². The van der Waals surface area contributed by atoms with Crippen molar-refractivity contribution >= 4 is 22.1 Å². The molecule has 102 valence electrons. The van der Waals surface area contributed by atoms with E-state index in [1.165, 1.54) is 6.08 Å². The van der Waals surface area contributed by atoms with Crippen LogP contribution < -0.4 is 0 Å². The van der Waals surface area contributed by atoms with E-state index < -0.39 is 39.8 Å². The molecular weight excluding hydrogens is 265 g/mol. The Morgan fingerprint density at radius 2 is 2.28 bits per heavy atom. The van der Waals surface area contributed by atoms with E-state index in [9.17, 15) is 21.9 Å². The Labute approximate surface area is 104 Å². The van der Waals surface area contributed by atoms with Gasteiger partial charge in [-0.25, -0.2) is 4.79 Å². The number of carboxylic acids is 1. The maximum atomic E-state index is 12.5. The molecule has 1 fully saturated rings. The average Bonchev–Trinajstić information content (AvgIpc) is 2.52.